The van der Waals surface area contributed by atoms with Crippen LogP contribution in [-0.2, 0) is 4.79 Å². The van der Waals surface area contributed by atoms with Crippen molar-refractivity contribution in [3.05, 3.63) is 10.7 Å². The maximum absolute atomic E-state index is 10.9. The number of nitrogen functional groups attached to an aromatic ring is 1. The number of hydrogen-bond acceptors (Lipinski definition) is 5. The Labute approximate surface area is 95.8 Å². The second-order valence-electron chi connectivity index (χ2n) is 2.79. The highest BCUT2D eigenvalue weighted by Gasteiger charge is 2.01. The van der Waals surface area contributed by atoms with Crippen molar-refractivity contribution in [3.8, 4) is 0 Å². The van der Waals surface area contributed by atoms with E-state index < -0.39 is 0 Å². The van der Waals surface area contributed by atoms with Crippen LogP contribution < -0.4 is 16.4 Å². The van der Waals surface area contributed by atoms with E-state index in [-0.39, 0.29) is 5.91 Å². The average Bonchev–Trinajstić information content (AvgIpc) is 2.16. The molecule has 7 heteroatoms. The zero-order valence-electron chi connectivity index (χ0n) is 8.25. The van der Waals surface area contributed by atoms with Crippen LogP contribution in [0.2, 0.25) is 0 Å². The molecule has 0 unspecified atom stereocenters. The van der Waals surface area contributed by atoms with Crippen molar-refractivity contribution in [2.75, 3.05) is 24.6 Å². The standard InChI is InChI=1S/C8H12BrN5O/c1-11-7(15)2-3-12-8-13-5(9)4-6(10)14-8/h4H,2-3H2,1H3,(H,11,15)(H3,10,12,13,14). The first-order chi connectivity index (χ1) is 7.11. The summed E-state index contributed by atoms with van der Waals surface area (Å²) in [6, 6.07) is 1.60. The molecule has 1 amide bonds. The van der Waals surface area contributed by atoms with Crippen LogP contribution in [0.3, 0.4) is 0 Å². The molecule has 0 fully saturated rings. The number of hydrogen-bond donors (Lipinski definition) is 3. The van der Waals surface area contributed by atoms with Crippen LogP contribution in [-0.4, -0.2) is 29.5 Å². The van der Waals surface area contributed by atoms with Gasteiger partial charge in [-0.15, -0.1) is 0 Å². The Balaban J connectivity index is 2.47. The number of nitrogens with zero attached hydrogens (tertiary/aromatic N) is 2. The lowest BCUT2D eigenvalue weighted by Crippen LogP contribution is -2.21. The van der Waals surface area contributed by atoms with Gasteiger partial charge in [0, 0.05) is 26.1 Å². The smallest absolute Gasteiger partial charge is 0.225 e. The molecule has 4 N–H and O–H groups in total. The first-order valence-corrected chi connectivity index (χ1v) is 5.15. The SMILES string of the molecule is CNC(=O)CCNc1nc(N)cc(Br)n1. The fourth-order valence-electron chi connectivity index (χ4n) is 0.927. The van der Waals surface area contributed by atoms with Crippen LogP contribution in [0.1, 0.15) is 6.42 Å². The molecule has 0 aromatic carbocycles. The Kier molecular flexibility index (Phi) is 4.29. The molecule has 0 saturated heterocycles. The molecule has 0 aliphatic carbocycles. The second-order valence-corrected chi connectivity index (χ2v) is 3.60. The average molecular weight is 274 g/mol. The number of anilines is 2. The number of aromatic nitrogens is 2. The van der Waals surface area contributed by atoms with E-state index in [9.17, 15) is 4.79 Å². The van der Waals surface area contributed by atoms with Gasteiger partial charge in [0.1, 0.15) is 10.4 Å². The molecule has 1 rings (SSSR count). The minimum atomic E-state index is -0.0366. The predicted octanol–water partition coefficient (Wildman–Crippen LogP) is 0.369. The van der Waals surface area contributed by atoms with Gasteiger partial charge in [0.2, 0.25) is 11.9 Å². The summed E-state index contributed by atoms with van der Waals surface area (Å²) < 4.78 is 0.609. The van der Waals surface area contributed by atoms with Crippen molar-refractivity contribution in [2.24, 2.45) is 0 Å². The minimum Gasteiger partial charge on any atom is -0.383 e. The van der Waals surface area contributed by atoms with Crippen molar-refractivity contribution in [1.29, 1.82) is 0 Å². The van der Waals surface area contributed by atoms with Gasteiger partial charge in [0.25, 0.3) is 0 Å². The Morgan fingerprint density at radius 3 is 2.93 bits per heavy atom. The number of amides is 1. The molecule has 0 spiro atoms. The quantitative estimate of drug-likeness (QED) is 0.690. The number of halogens is 1. The zero-order chi connectivity index (χ0) is 11.3. The van der Waals surface area contributed by atoms with Crippen molar-refractivity contribution >= 4 is 33.6 Å². The summed E-state index contributed by atoms with van der Waals surface area (Å²) >= 11 is 3.20. The maximum atomic E-state index is 10.9. The summed E-state index contributed by atoms with van der Waals surface area (Å²) in [5.41, 5.74) is 5.52. The topological polar surface area (TPSA) is 92.9 Å². The molecule has 6 nitrogen and oxygen atoms in total. The fourth-order valence-corrected chi connectivity index (χ4v) is 1.33. The molecule has 1 aromatic rings. The van der Waals surface area contributed by atoms with Crippen LogP contribution in [0.5, 0.6) is 0 Å². The van der Waals surface area contributed by atoms with E-state index >= 15 is 0 Å². The summed E-state index contributed by atoms with van der Waals surface area (Å²) in [6.45, 7) is 0.468. The van der Waals surface area contributed by atoms with E-state index in [1.165, 1.54) is 0 Å². The maximum Gasteiger partial charge on any atom is 0.225 e. The van der Waals surface area contributed by atoms with Crippen LogP contribution >= 0.6 is 15.9 Å². The monoisotopic (exact) mass is 273 g/mol. The van der Waals surface area contributed by atoms with Gasteiger partial charge in [-0.3, -0.25) is 4.79 Å². The van der Waals surface area contributed by atoms with Gasteiger partial charge in [-0.1, -0.05) is 0 Å². The van der Waals surface area contributed by atoms with Gasteiger partial charge in [0.05, 0.1) is 0 Å². The third kappa shape index (κ3) is 4.11. The predicted molar refractivity (Wildman–Crippen MR) is 61.3 cm³/mol. The third-order valence-corrected chi connectivity index (χ3v) is 2.03. The molecule has 0 atom stereocenters. The first kappa shape index (κ1) is 11.7. The van der Waals surface area contributed by atoms with E-state index in [0.717, 1.165) is 0 Å². The zero-order valence-corrected chi connectivity index (χ0v) is 9.84. The summed E-state index contributed by atoms with van der Waals surface area (Å²) in [6.07, 6.45) is 0.367. The highest BCUT2D eigenvalue weighted by Crippen LogP contribution is 2.11. The fraction of sp³-hybridized carbons (Fsp3) is 0.375. The number of nitrogens with one attached hydrogen (secondary N) is 2. The summed E-state index contributed by atoms with van der Waals surface area (Å²) in [7, 11) is 1.59. The summed E-state index contributed by atoms with van der Waals surface area (Å²) in [5.74, 6) is 0.746. The van der Waals surface area contributed by atoms with Crippen molar-refractivity contribution in [2.45, 2.75) is 6.42 Å². The number of nitrogens with two attached hydrogens (primary N) is 1. The van der Waals surface area contributed by atoms with Crippen molar-refractivity contribution < 1.29 is 4.79 Å². The largest absolute Gasteiger partial charge is 0.383 e. The number of carbonyl (C=O) groups is 1. The van der Waals surface area contributed by atoms with Gasteiger partial charge < -0.3 is 16.4 Å². The highest BCUT2D eigenvalue weighted by molar-refractivity contribution is 9.10. The van der Waals surface area contributed by atoms with Crippen LogP contribution in [0.4, 0.5) is 11.8 Å². The molecule has 0 saturated carbocycles. The number of carbonyl (C=O) groups excluding carboxylic acids is 1. The molecular weight excluding hydrogens is 262 g/mol. The second kappa shape index (κ2) is 5.50. The summed E-state index contributed by atoms with van der Waals surface area (Å²) in [5, 5.41) is 5.42. The van der Waals surface area contributed by atoms with E-state index in [4.69, 9.17) is 5.73 Å². The van der Waals surface area contributed by atoms with Crippen LogP contribution in [0, 0.1) is 0 Å². The van der Waals surface area contributed by atoms with Crippen LogP contribution in [0.15, 0.2) is 10.7 Å². The highest BCUT2D eigenvalue weighted by atomic mass is 79.9. The van der Waals surface area contributed by atoms with E-state index in [0.29, 0.717) is 29.3 Å². The number of rotatable bonds is 4. The lowest BCUT2D eigenvalue weighted by atomic mass is 10.4. The Morgan fingerprint density at radius 1 is 1.60 bits per heavy atom. The Hall–Kier alpha value is -1.37. The molecule has 1 heterocycles. The molecule has 82 valence electrons. The minimum absolute atomic E-state index is 0.0366. The van der Waals surface area contributed by atoms with Gasteiger partial charge in [-0.2, -0.15) is 4.98 Å². The third-order valence-electron chi connectivity index (χ3n) is 1.63. The van der Waals surface area contributed by atoms with Crippen molar-refractivity contribution in [1.82, 2.24) is 15.3 Å². The molecule has 0 aliphatic rings. The van der Waals surface area contributed by atoms with E-state index in [2.05, 4.69) is 36.5 Å². The van der Waals surface area contributed by atoms with Gasteiger partial charge in [-0.05, 0) is 15.9 Å². The molecule has 0 aliphatic heterocycles. The van der Waals surface area contributed by atoms with Gasteiger partial charge in [0.15, 0.2) is 0 Å². The normalized spacial score (nSPS) is 9.73. The van der Waals surface area contributed by atoms with E-state index in [1.807, 2.05) is 0 Å². The Morgan fingerprint density at radius 2 is 2.33 bits per heavy atom. The lowest BCUT2D eigenvalue weighted by molar-refractivity contribution is -0.120. The van der Waals surface area contributed by atoms with Crippen molar-refractivity contribution in [3.63, 3.8) is 0 Å². The van der Waals surface area contributed by atoms with Gasteiger partial charge in [-0.25, -0.2) is 4.98 Å². The lowest BCUT2D eigenvalue weighted by Gasteiger charge is -2.04. The first-order valence-electron chi connectivity index (χ1n) is 4.36. The molecular formula is C8H12BrN5O. The molecule has 1 aromatic heterocycles. The molecule has 0 bridgehead atoms. The van der Waals surface area contributed by atoms with Crippen LogP contribution in [0.25, 0.3) is 0 Å². The van der Waals surface area contributed by atoms with E-state index in [1.54, 1.807) is 13.1 Å². The summed E-state index contributed by atoms with van der Waals surface area (Å²) in [4.78, 5) is 18.9. The molecule has 15 heavy (non-hydrogen) atoms. The van der Waals surface area contributed by atoms with Gasteiger partial charge >= 0.3 is 0 Å². The molecule has 0 radical (unpaired) electrons. The Bertz CT molecular complexity index is 337.